The van der Waals surface area contributed by atoms with Crippen molar-refractivity contribution in [1.82, 2.24) is 15.6 Å². The minimum Gasteiger partial charge on any atom is -0.479 e. The van der Waals surface area contributed by atoms with Gasteiger partial charge in [0.1, 0.15) is 5.82 Å². The van der Waals surface area contributed by atoms with Gasteiger partial charge in [-0.3, -0.25) is 15.0 Å². The average Bonchev–Trinajstić information content (AvgIpc) is 3.15. The Balaban J connectivity index is 1.81. The number of carboxylic acids is 1. The van der Waals surface area contributed by atoms with Crippen LogP contribution in [0.2, 0.25) is 5.02 Å². The maximum absolute atomic E-state index is 14.7. The van der Waals surface area contributed by atoms with Gasteiger partial charge < -0.3 is 14.7 Å². The number of hydrazine groups is 1. The molecule has 11 heteroatoms. The summed E-state index contributed by atoms with van der Waals surface area (Å²) >= 11 is 5.97. The largest absolute Gasteiger partial charge is 0.479 e. The molecule has 0 aliphatic rings. The molecule has 1 heterocycles. The molecule has 2 aromatic carbocycles. The quantitative estimate of drug-likeness (QED) is 0.386. The van der Waals surface area contributed by atoms with Gasteiger partial charge in [0.25, 0.3) is 5.56 Å². The van der Waals surface area contributed by atoms with Crippen molar-refractivity contribution in [2.75, 3.05) is 6.54 Å². The number of hydrogen-bond acceptors (Lipinski definition) is 6. The van der Waals surface area contributed by atoms with E-state index in [0.29, 0.717) is 16.1 Å². The summed E-state index contributed by atoms with van der Waals surface area (Å²) in [5.74, 6) is -3.39. The Morgan fingerprint density at radius 1 is 1.19 bits per heavy atom. The van der Waals surface area contributed by atoms with Crippen LogP contribution in [0.15, 0.2) is 57.8 Å². The Kier molecular flexibility index (Phi) is 6.85. The molecule has 3 aromatic rings. The van der Waals surface area contributed by atoms with E-state index in [1.54, 1.807) is 30.3 Å². The highest BCUT2D eigenvalue weighted by atomic mass is 35.5. The molecule has 0 radical (unpaired) electrons. The molecule has 0 aliphatic heterocycles. The molecule has 0 fully saturated rings. The first-order chi connectivity index (χ1) is 14.7. The van der Waals surface area contributed by atoms with E-state index in [0.717, 1.165) is 11.1 Å². The van der Waals surface area contributed by atoms with Crippen LogP contribution in [0.25, 0.3) is 11.1 Å². The zero-order chi connectivity index (χ0) is 22.5. The summed E-state index contributed by atoms with van der Waals surface area (Å²) in [5.41, 5.74) is 3.04. The van der Waals surface area contributed by atoms with E-state index in [1.165, 1.54) is 12.1 Å². The van der Waals surface area contributed by atoms with Crippen LogP contribution in [0.1, 0.15) is 16.1 Å². The van der Waals surface area contributed by atoms with Crippen LogP contribution in [-0.2, 0) is 11.3 Å². The van der Waals surface area contributed by atoms with Crippen LogP contribution in [0.3, 0.4) is 0 Å². The molecule has 4 N–H and O–H groups in total. The third-order valence-electron chi connectivity index (χ3n) is 4.26. The predicted octanol–water partition coefficient (Wildman–Crippen LogP) is 2.02. The van der Waals surface area contributed by atoms with Gasteiger partial charge in [-0.2, -0.15) is 5.16 Å². The summed E-state index contributed by atoms with van der Waals surface area (Å²) in [6.07, 6.45) is -1.85. The lowest BCUT2D eigenvalue weighted by Gasteiger charge is -2.24. The van der Waals surface area contributed by atoms with Gasteiger partial charge in [-0.25, -0.2) is 14.2 Å². The molecule has 1 amide bonds. The summed E-state index contributed by atoms with van der Waals surface area (Å²) in [4.78, 5) is 34.4. The number of nitrogens with one attached hydrogen (secondary N) is 2. The molecule has 9 nitrogen and oxygen atoms in total. The maximum atomic E-state index is 14.7. The topological polar surface area (TPSA) is 136 Å². The molecular formula is C20H17ClFN3O6. The van der Waals surface area contributed by atoms with E-state index < -0.39 is 35.9 Å². The number of nitrogens with zero attached hydrogens (tertiary/aromatic N) is 1. The molecule has 31 heavy (non-hydrogen) atoms. The van der Waals surface area contributed by atoms with Crippen LogP contribution in [0, 0.1) is 5.82 Å². The number of hydrogen-bond donors (Lipinski definition) is 4. The summed E-state index contributed by atoms with van der Waals surface area (Å²) in [6.45, 7) is -0.822. The first-order valence-electron chi connectivity index (χ1n) is 8.92. The van der Waals surface area contributed by atoms with Gasteiger partial charge in [-0.1, -0.05) is 35.9 Å². The fraction of sp³-hybridized carbons (Fsp3) is 0.150. The van der Waals surface area contributed by atoms with Crippen molar-refractivity contribution in [3.05, 3.63) is 81.0 Å². The molecule has 0 bridgehead atoms. The molecule has 3 rings (SSSR count). The lowest BCUT2D eigenvalue weighted by Crippen LogP contribution is -2.47. The van der Waals surface area contributed by atoms with Gasteiger partial charge in [0.15, 0.2) is 6.10 Å². The lowest BCUT2D eigenvalue weighted by molar-refractivity contribution is -0.148. The Morgan fingerprint density at radius 3 is 2.55 bits per heavy atom. The van der Waals surface area contributed by atoms with Crippen molar-refractivity contribution in [3.63, 3.8) is 0 Å². The second kappa shape index (κ2) is 9.56. The standard InChI is InChI=1S/C20H17ClFN3O6/c21-14-3-1-2-11(6-14)12-4-5-13(15(22)7-12)9-25(10-16(26)20(29)30)23-19(28)17-8-18(27)24-31-17/h1-8,16,26H,9-10H2,(H,23,28)(H,24,27)(H,29,30). The second-order valence-corrected chi connectivity index (χ2v) is 7.01. The molecule has 1 atom stereocenters. The molecule has 162 valence electrons. The predicted molar refractivity (Wildman–Crippen MR) is 108 cm³/mol. The number of aromatic nitrogens is 1. The first-order valence-corrected chi connectivity index (χ1v) is 9.30. The lowest BCUT2D eigenvalue weighted by atomic mass is 10.0. The Hall–Kier alpha value is -3.47. The Bertz CT molecular complexity index is 1160. The first kappa shape index (κ1) is 22.2. The zero-order valence-electron chi connectivity index (χ0n) is 15.8. The summed E-state index contributed by atoms with van der Waals surface area (Å²) in [5, 5.41) is 22.1. The van der Waals surface area contributed by atoms with Crippen LogP contribution < -0.4 is 11.0 Å². The number of rotatable bonds is 8. The number of carbonyl (C=O) groups is 2. The number of aliphatic hydroxyl groups excluding tert-OH is 1. The van der Waals surface area contributed by atoms with Crippen LogP contribution in [-0.4, -0.2) is 44.9 Å². The third kappa shape index (κ3) is 5.79. The SMILES string of the molecule is O=C(NN(Cc1ccc(-c2cccc(Cl)c2)cc1F)CC(O)C(=O)O)c1cc(=O)[nH]o1. The van der Waals surface area contributed by atoms with E-state index in [2.05, 4.69) is 9.95 Å². The van der Waals surface area contributed by atoms with Crippen molar-refractivity contribution in [2.24, 2.45) is 0 Å². The molecular weight excluding hydrogens is 433 g/mol. The van der Waals surface area contributed by atoms with Crippen LogP contribution in [0.5, 0.6) is 0 Å². The fourth-order valence-electron chi connectivity index (χ4n) is 2.76. The number of halogens is 2. The zero-order valence-corrected chi connectivity index (χ0v) is 16.6. The third-order valence-corrected chi connectivity index (χ3v) is 4.49. The molecule has 0 saturated carbocycles. The van der Waals surface area contributed by atoms with Crippen LogP contribution in [0.4, 0.5) is 4.39 Å². The van der Waals surface area contributed by atoms with Crippen molar-refractivity contribution < 1.29 is 28.7 Å². The highest BCUT2D eigenvalue weighted by Crippen LogP contribution is 2.25. The minimum atomic E-state index is -1.85. The van der Waals surface area contributed by atoms with E-state index in [4.69, 9.17) is 16.7 Å². The monoisotopic (exact) mass is 449 g/mol. The van der Waals surface area contributed by atoms with Crippen molar-refractivity contribution >= 4 is 23.5 Å². The van der Waals surface area contributed by atoms with Gasteiger partial charge in [-0.05, 0) is 29.3 Å². The number of aromatic amines is 1. The van der Waals surface area contributed by atoms with Crippen LogP contribution >= 0.6 is 11.6 Å². The minimum absolute atomic E-state index is 0.124. The summed E-state index contributed by atoms with van der Waals surface area (Å²) in [7, 11) is 0. The van der Waals surface area contributed by atoms with Gasteiger partial charge >= 0.3 is 11.9 Å². The number of carbonyl (C=O) groups excluding carboxylic acids is 1. The summed E-state index contributed by atoms with van der Waals surface area (Å²) < 4.78 is 19.4. The van der Waals surface area contributed by atoms with Gasteiger partial charge in [0, 0.05) is 17.1 Å². The van der Waals surface area contributed by atoms with E-state index >= 15 is 0 Å². The number of H-pyrrole nitrogens is 1. The molecule has 0 aliphatic carbocycles. The number of aliphatic hydroxyl groups is 1. The number of benzene rings is 2. The maximum Gasteiger partial charge on any atom is 0.333 e. The molecule has 0 spiro atoms. The number of amides is 1. The van der Waals surface area contributed by atoms with Gasteiger partial charge in [-0.15, -0.1) is 0 Å². The van der Waals surface area contributed by atoms with Crippen molar-refractivity contribution in [1.29, 1.82) is 0 Å². The highest BCUT2D eigenvalue weighted by molar-refractivity contribution is 6.30. The highest BCUT2D eigenvalue weighted by Gasteiger charge is 2.23. The van der Waals surface area contributed by atoms with E-state index in [9.17, 15) is 23.9 Å². The number of aliphatic carboxylic acids is 1. The van der Waals surface area contributed by atoms with E-state index in [1.807, 2.05) is 5.16 Å². The van der Waals surface area contributed by atoms with Gasteiger partial charge in [0.2, 0.25) is 5.76 Å². The van der Waals surface area contributed by atoms with Crippen molar-refractivity contribution in [3.8, 4) is 11.1 Å². The van der Waals surface area contributed by atoms with Crippen molar-refractivity contribution in [2.45, 2.75) is 12.6 Å². The van der Waals surface area contributed by atoms with E-state index in [-0.39, 0.29) is 17.9 Å². The molecule has 1 aromatic heterocycles. The number of carboxylic acid groups (broad SMARTS) is 1. The molecule has 0 saturated heterocycles. The van der Waals surface area contributed by atoms with Gasteiger partial charge in [0.05, 0.1) is 12.6 Å². The Morgan fingerprint density at radius 2 is 1.94 bits per heavy atom. The molecule has 1 unspecified atom stereocenters. The summed E-state index contributed by atoms with van der Waals surface area (Å²) in [6, 6.07) is 12.1. The normalized spacial score (nSPS) is 12.0. The fourth-order valence-corrected chi connectivity index (χ4v) is 2.95. The second-order valence-electron chi connectivity index (χ2n) is 6.57. The smallest absolute Gasteiger partial charge is 0.333 e. The Labute approximate surface area is 179 Å². The average molecular weight is 450 g/mol.